The standard InChI is InChI=1S/C64H84N6O14S2/c1-10-23-82-50-34-51(83-25-12-11-22-67(6)7)36-52(35-50)84-59-37-56-55(68(8)63(76)69(56)9)31-47(59)41-86(77,78)53-16-13-15-46(30-53)58(73)17-14-24-79-26-27-80-28-29-81-40-49(72)32-54(64(3,4)5)62(75)70-39-48(71)33-57(70)61(74)65-38-44-18-20-45(21-19-44)60-43(2)66-42-85-60/h13,15-16,18-21,30-31,34-37,42,48,54,57,71H,10-12,14,17,22-29,32-33,38-41H2,1-9H3,(H,65,74)/t48-,54-,57+/m1/s1. The monoisotopic (exact) mass is 1220 g/mol. The summed E-state index contributed by atoms with van der Waals surface area (Å²) in [6.45, 7) is 12.5. The molecule has 0 aliphatic carbocycles. The molecule has 0 saturated carbocycles. The summed E-state index contributed by atoms with van der Waals surface area (Å²) in [5.41, 5.74) is 5.35. The number of carbonyl (C=O) groups excluding carboxylic acids is 4. The molecule has 3 heterocycles. The number of aromatic nitrogens is 3. The number of imidazole rings is 1. The van der Waals surface area contributed by atoms with E-state index in [0.29, 0.717) is 53.5 Å². The molecule has 0 unspecified atom stereocenters. The molecule has 2 N–H and O–H groups in total. The largest absolute Gasteiger partial charge is 0.493 e. The number of thiazole rings is 1. The quantitative estimate of drug-likeness (QED) is 0.0284. The number of carbonyl (C=O) groups is 4. The number of nitrogens with one attached hydrogen (secondary N) is 1. The normalized spacial score (nSPS) is 14.9. The lowest BCUT2D eigenvalue weighted by Gasteiger charge is -2.34. The van der Waals surface area contributed by atoms with E-state index in [1.54, 1.807) is 67.3 Å². The molecule has 0 radical (unpaired) electrons. The number of nitrogens with zero attached hydrogens (tertiary/aromatic N) is 5. The highest BCUT2D eigenvalue weighted by atomic mass is 32.2. The van der Waals surface area contributed by atoms with Gasteiger partial charge in [-0.25, -0.2) is 18.2 Å². The Balaban J connectivity index is 0.836. The van der Waals surface area contributed by atoms with Crippen LogP contribution in [0.1, 0.15) is 99.8 Å². The van der Waals surface area contributed by atoms with Gasteiger partial charge in [0.1, 0.15) is 35.6 Å². The molecule has 0 spiro atoms. The molecule has 2 amide bonds. The van der Waals surface area contributed by atoms with Gasteiger partial charge in [-0.05, 0) is 88.0 Å². The van der Waals surface area contributed by atoms with Crippen LogP contribution in [0.5, 0.6) is 23.0 Å². The van der Waals surface area contributed by atoms with Crippen molar-refractivity contribution in [2.45, 2.75) is 109 Å². The number of benzene rings is 4. The van der Waals surface area contributed by atoms with E-state index in [1.165, 1.54) is 32.2 Å². The molecule has 4 aromatic carbocycles. The predicted molar refractivity (Wildman–Crippen MR) is 330 cm³/mol. The van der Waals surface area contributed by atoms with Gasteiger partial charge >= 0.3 is 5.69 Å². The summed E-state index contributed by atoms with van der Waals surface area (Å²) in [6.07, 6.45) is 2.16. The molecule has 466 valence electrons. The van der Waals surface area contributed by atoms with Gasteiger partial charge in [0, 0.05) is 94.4 Å². The van der Waals surface area contributed by atoms with Crippen LogP contribution in [-0.4, -0.2) is 153 Å². The Morgan fingerprint density at radius 3 is 2.15 bits per heavy atom. The SMILES string of the molecule is CCCOc1cc(OCCCCN(C)C)cc(Oc2cc3c(cc2CS(=O)(=O)c2cccc(C(=O)CCCOCCOCCOCC(=O)C[C@H](C(=O)N4C[C@H](O)C[C@H]4C(=O)NCc4ccc(-c5scnc5C)cc4)C(C)(C)C)c2)n(C)c(=O)n3C)c1. The molecule has 7 rings (SSSR count). The van der Waals surface area contributed by atoms with Gasteiger partial charge < -0.3 is 48.6 Å². The van der Waals surface area contributed by atoms with E-state index >= 15 is 0 Å². The van der Waals surface area contributed by atoms with Gasteiger partial charge in [0.25, 0.3) is 0 Å². The summed E-state index contributed by atoms with van der Waals surface area (Å²) in [5.74, 6) is -0.894. The van der Waals surface area contributed by atoms with Crippen LogP contribution in [0.2, 0.25) is 0 Å². The number of sulfone groups is 1. The average molecular weight is 1230 g/mol. The van der Waals surface area contributed by atoms with E-state index in [4.69, 9.17) is 28.4 Å². The second-order valence-electron chi connectivity index (χ2n) is 23.1. The number of β-amino-alcohol motifs (C(OH)–C–C–N with tert-alkyl or cyclic N) is 1. The average Bonchev–Trinajstić information content (AvgIpc) is 1.75. The van der Waals surface area contributed by atoms with Gasteiger partial charge in [-0.2, -0.15) is 0 Å². The Morgan fingerprint density at radius 2 is 1.49 bits per heavy atom. The third-order valence-corrected chi connectivity index (χ3v) is 17.5. The number of Topliss-reactive ketones (excluding diaryl/α,β-unsaturated/α-hetero) is 2. The molecule has 1 fully saturated rings. The van der Waals surface area contributed by atoms with Crippen LogP contribution >= 0.6 is 11.3 Å². The maximum Gasteiger partial charge on any atom is 0.328 e. The number of ether oxygens (including phenoxy) is 6. The molecule has 1 aliphatic heterocycles. The van der Waals surface area contributed by atoms with Gasteiger partial charge in [0.2, 0.25) is 11.8 Å². The zero-order valence-corrected chi connectivity index (χ0v) is 52.7. The zero-order valence-electron chi connectivity index (χ0n) is 51.1. The minimum absolute atomic E-state index is 0.0105. The topological polar surface area (TPSA) is 236 Å². The van der Waals surface area contributed by atoms with Crippen LogP contribution in [0, 0.1) is 18.3 Å². The Morgan fingerprint density at radius 1 is 0.826 bits per heavy atom. The minimum atomic E-state index is -4.08. The van der Waals surface area contributed by atoms with Crippen molar-refractivity contribution in [3.8, 4) is 33.4 Å². The van der Waals surface area contributed by atoms with E-state index in [1.807, 2.05) is 73.0 Å². The first-order valence-electron chi connectivity index (χ1n) is 29.3. The minimum Gasteiger partial charge on any atom is -0.493 e. The summed E-state index contributed by atoms with van der Waals surface area (Å²) in [6, 6.07) is 21.5. The Labute approximate surface area is 508 Å². The second-order valence-corrected chi connectivity index (χ2v) is 26.0. The smallest absolute Gasteiger partial charge is 0.328 e. The summed E-state index contributed by atoms with van der Waals surface area (Å²) >= 11 is 1.56. The van der Waals surface area contributed by atoms with Crippen LogP contribution in [0.4, 0.5) is 0 Å². The molecule has 86 heavy (non-hydrogen) atoms. The lowest BCUT2D eigenvalue weighted by Crippen LogP contribution is -2.50. The number of aryl methyl sites for hydroxylation is 3. The third-order valence-electron chi connectivity index (χ3n) is 14.9. The van der Waals surface area contributed by atoms with Crippen molar-refractivity contribution >= 4 is 55.6 Å². The lowest BCUT2D eigenvalue weighted by atomic mass is 9.77. The van der Waals surface area contributed by atoms with Crippen molar-refractivity contribution in [1.29, 1.82) is 0 Å². The summed E-state index contributed by atoms with van der Waals surface area (Å²) in [7, 11) is 3.22. The van der Waals surface area contributed by atoms with E-state index in [9.17, 15) is 37.5 Å². The second kappa shape index (κ2) is 31.2. The first-order chi connectivity index (χ1) is 41.0. The Hall–Kier alpha value is -6.79. The van der Waals surface area contributed by atoms with Gasteiger partial charge in [-0.15, -0.1) is 11.3 Å². The summed E-state index contributed by atoms with van der Waals surface area (Å²) < 4.78 is 67.0. The molecule has 0 bridgehead atoms. The molecule has 1 saturated heterocycles. The van der Waals surface area contributed by atoms with Crippen LogP contribution in [-0.2, 0) is 64.8 Å². The summed E-state index contributed by atoms with van der Waals surface area (Å²) in [4.78, 5) is 76.2. The maximum absolute atomic E-state index is 14.3. The Kier molecular flexibility index (Phi) is 24.2. The number of fused-ring (bicyclic) bond motifs is 1. The first kappa shape index (κ1) is 66.7. The summed E-state index contributed by atoms with van der Waals surface area (Å²) in [5, 5.41) is 13.6. The number of likely N-dealkylation sites (tertiary alicyclic amines) is 1. The number of aliphatic hydroxyl groups is 1. The molecule has 20 nitrogen and oxygen atoms in total. The fraction of sp³-hybridized carbons (Fsp3) is 0.500. The van der Waals surface area contributed by atoms with E-state index < -0.39 is 39.1 Å². The number of amides is 2. The van der Waals surface area contributed by atoms with Crippen LogP contribution in [0.25, 0.3) is 21.5 Å². The number of hydrogen-bond acceptors (Lipinski definition) is 17. The number of hydrogen-bond donors (Lipinski definition) is 2. The van der Waals surface area contributed by atoms with Gasteiger partial charge in [-0.3, -0.25) is 28.3 Å². The predicted octanol–water partition coefficient (Wildman–Crippen LogP) is 8.50. The van der Waals surface area contributed by atoms with Crippen LogP contribution in [0.15, 0.2) is 94.1 Å². The van der Waals surface area contributed by atoms with Gasteiger partial charge in [-0.1, -0.05) is 64.1 Å². The van der Waals surface area contributed by atoms with Crippen molar-refractivity contribution in [2.75, 3.05) is 80.0 Å². The first-order valence-corrected chi connectivity index (χ1v) is 31.8. The number of unbranched alkanes of at least 4 members (excludes halogenated alkanes) is 1. The molecule has 1 aliphatic rings. The molecule has 22 heteroatoms. The van der Waals surface area contributed by atoms with Crippen molar-refractivity contribution in [3.05, 3.63) is 117 Å². The molecular formula is C64H84N6O14S2. The molecule has 6 aromatic rings. The van der Waals surface area contributed by atoms with Gasteiger partial charge in [0.15, 0.2) is 21.4 Å². The van der Waals surface area contributed by atoms with Crippen molar-refractivity contribution in [2.24, 2.45) is 25.4 Å². The maximum atomic E-state index is 14.3. The number of rotatable bonds is 34. The van der Waals surface area contributed by atoms with E-state index in [2.05, 4.69) is 15.2 Å². The fourth-order valence-electron chi connectivity index (χ4n) is 10.1. The highest BCUT2D eigenvalue weighted by molar-refractivity contribution is 7.90. The molecular weight excluding hydrogens is 1140 g/mol. The lowest BCUT2D eigenvalue weighted by molar-refractivity contribution is -0.146. The number of ketones is 2. The fourth-order valence-corrected chi connectivity index (χ4v) is 12.3. The van der Waals surface area contributed by atoms with E-state index in [-0.39, 0.29) is 117 Å². The highest BCUT2D eigenvalue weighted by Crippen LogP contribution is 2.37. The molecule has 2 aromatic heterocycles. The Bertz CT molecular complexity index is 3440. The van der Waals surface area contributed by atoms with Crippen molar-refractivity contribution in [1.82, 2.24) is 29.2 Å². The number of aliphatic hydroxyl groups excluding tert-OH is 1. The van der Waals surface area contributed by atoms with Crippen LogP contribution in [0.3, 0.4) is 0 Å². The third kappa shape index (κ3) is 18.6. The highest BCUT2D eigenvalue weighted by Gasteiger charge is 2.44. The zero-order chi connectivity index (χ0) is 62.1. The molecule has 3 atom stereocenters. The van der Waals surface area contributed by atoms with Crippen molar-refractivity contribution < 1.29 is 61.1 Å². The van der Waals surface area contributed by atoms with Crippen LogP contribution < -0.4 is 25.2 Å². The van der Waals surface area contributed by atoms with E-state index in [0.717, 1.165) is 47.5 Å². The van der Waals surface area contributed by atoms with Crippen molar-refractivity contribution in [3.63, 3.8) is 0 Å². The van der Waals surface area contributed by atoms with Gasteiger partial charge in [0.05, 0.1) is 83.5 Å².